The lowest BCUT2D eigenvalue weighted by Gasteiger charge is -2.27. The first-order chi connectivity index (χ1) is 12.9. The zero-order valence-electron chi connectivity index (χ0n) is 16.0. The van der Waals surface area contributed by atoms with Crippen LogP contribution in [0.1, 0.15) is 24.1 Å². The molecule has 5 nitrogen and oxygen atoms in total. The van der Waals surface area contributed by atoms with E-state index in [-0.39, 0.29) is 6.04 Å². The van der Waals surface area contributed by atoms with E-state index in [0.29, 0.717) is 25.4 Å². The van der Waals surface area contributed by atoms with Gasteiger partial charge < -0.3 is 4.74 Å². The van der Waals surface area contributed by atoms with Crippen molar-refractivity contribution in [2.75, 3.05) is 31.2 Å². The van der Waals surface area contributed by atoms with Crippen LogP contribution < -0.4 is 4.72 Å². The van der Waals surface area contributed by atoms with Gasteiger partial charge in [-0.05, 0) is 37.2 Å². The number of ether oxygens (including phenoxy) is 1. The van der Waals surface area contributed by atoms with Gasteiger partial charge in [-0.25, -0.2) is 8.42 Å². The fourth-order valence-electron chi connectivity index (χ4n) is 2.64. The van der Waals surface area contributed by atoms with Crippen LogP contribution in [0, 0.1) is 11.8 Å². The summed E-state index contributed by atoms with van der Waals surface area (Å²) in [6.07, 6.45) is 1.14. The topological polar surface area (TPSA) is 58.6 Å². The minimum absolute atomic E-state index is 0.0156. The number of anilines is 1. The van der Waals surface area contributed by atoms with Crippen molar-refractivity contribution in [2.45, 2.75) is 19.6 Å². The maximum atomic E-state index is 11.4. The predicted molar refractivity (Wildman–Crippen MR) is 110 cm³/mol. The molecule has 0 bridgehead atoms. The molecule has 0 fully saturated rings. The van der Waals surface area contributed by atoms with E-state index in [1.807, 2.05) is 56.4 Å². The van der Waals surface area contributed by atoms with Gasteiger partial charge in [0.15, 0.2) is 0 Å². The van der Waals surface area contributed by atoms with E-state index in [2.05, 4.69) is 21.5 Å². The molecular formula is C21H26N2O3S. The zero-order chi connectivity index (χ0) is 19.7. The lowest BCUT2D eigenvalue weighted by atomic mass is 10.1. The third-order valence-electron chi connectivity index (χ3n) is 4.02. The minimum atomic E-state index is -3.29. The highest BCUT2D eigenvalue weighted by Gasteiger charge is 2.17. The third-order valence-corrected chi connectivity index (χ3v) is 4.63. The van der Waals surface area contributed by atoms with Crippen LogP contribution >= 0.6 is 0 Å². The molecule has 1 N–H and O–H groups in total. The van der Waals surface area contributed by atoms with Gasteiger partial charge in [0.05, 0.1) is 32.1 Å². The van der Waals surface area contributed by atoms with Gasteiger partial charge in [-0.15, -0.1) is 5.92 Å². The lowest BCUT2D eigenvalue weighted by molar-refractivity contribution is 0.0643. The second-order valence-corrected chi connectivity index (χ2v) is 8.10. The van der Waals surface area contributed by atoms with Crippen LogP contribution in [0.2, 0.25) is 0 Å². The van der Waals surface area contributed by atoms with Crippen molar-refractivity contribution in [3.05, 3.63) is 65.7 Å². The van der Waals surface area contributed by atoms with Crippen LogP contribution in [0.3, 0.4) is 0 Å². The molecule has 144 valence electrons. The Balaban J connectivity index is 2.09. The molecule has 0 radical (unpaired) electrons. The summed E-state index contributed by atoms with van der Waals surface area (Å²) in [5, 5.41) is 0. The molecule has 0 heterocycles. The second-order valence-electron chi connectivity index (χ2n) is 6.35. The Kier molecular flexibility index (Phi) is 7.86. The Labute approximate surface area is 162 Å². The molecule has 6 heteroatoms. The molecule has 2 aromatic carbocycles. The van der Waals surface area contributed by atoms with Gasteiger partial charge in [0.2, 0.25) is 10.0 Å². The van der Waals surface area contributed by atoms with E-state index in [9.17, 15) is 8.42 Å². The quantitative estimate of drug-likeness (QED) is 0.672. The van der Waals surface area contributed by atoms with Crippen molar-refractivity contribution >= 4 is 15.7 Å². The standard InChI is InChI=1S/C21H26N2O3S/c1-4-5-15-23(2)21(17-26-16-18-9-7-6-8-10-18)19-11-13-20(14-12-19)22-27(3,24)25/h6-14,21-22H,15-17H2,1-3H3. The molecule has 1 unspecified atom stereocenters. The summed E-state index contributed by atoms with van der Waals surface area (Å²) in [6, 6.07) is 17.4. The molecule has 2 aromatic rings. The van der Waals surface area contributed by atoms with E-state index < -0.39 is 10.0 Å². The predicted octanol–water partition coefficient (Wildman–Crippen LogP) is 3.27. The molecule has 0 aliphatic carbocycles. The summed E-state index contributed by atoms with van der Waals surface area (Å²) in [4.78, 5) is 2.13. The number of nitrogens with one attached hydrogen (secondary N) is 1. The highest BCUT2D eigenvalue weighted by molar-refractivity contribution is 7.92. The average Bonchev–Trinajstić information content (AvgIpc) is 2.64. The van der Waals surface area contributed by atoms with E-state index in [4.69, 9.17) is 4.74 Å². The van der Waals surface area contributed by atoms with Gasteiger partial charge in [0.25, 0.3) is 0 Å². The van der Waals surface area contributed by atoms with Crippen LogP contribution in [-0.2, 0) is 21.4 Å². The first-order valence-electron chi connectivity index (χ1n) is 8.68. The van der Waals surface area contributed by atoms with Gasteiger partial charge in [-0.2, -0.15) is 0 Å². The smallest absolute Gasteiger partial charge is 0.229 e. The Hall–Kier alpha value is -2.33. The number of hydrogen-bond acceptors (Lipinski definition) is 4. The SMILES string of the molecule is CC#CCN(C)C(COCc1ccccc1)c1ccc(NS(C)(=O)=O)cc1. The van der Waals surface area contributed by atoms with Crippen LogP contribution in [-0.4, -0.2) is 39.8 Å². The van der Waals surface area contributed by atoms with Gasteiger partial charge in [0, 0.05) is 5.69 Å². The van der Waals surface area contributed by atoms with Crippen molar-refractivity contribution in [1.29, 1.82) is 0 Å². The van der Waals surface area contributed by atoms with E-state index in [1.165, 1.54) is 0 Å². The summed E-state index contributed by atoms with van der Waals surface area (Å²) in [5.74, 6) is 5.99. The van der Waals surface area contributed by atoms with Crippen molar-refractivity contribution in [3.8, 4) is 11.8 Å². The molecule has 0 saturated carbocycles. The monoisotopic (exact) mass is 386 g/mol. The number of likely N-dealkylation sites (N-methyl/N-ethyl adjacent to an activating group) is 1. The van der Waals surface area contributed by atoms with Crippen LogP contribution in [0.5, 0.6) is 0 Å². The van der Waals surface area contributed by atoms with Gasteiger partial charge in [0.1, 0.15) is 0 Å². The summed E-state index contributed by atoms with van der Waals surface area (Å²) in [6.45, 7) is 3.49. The number of hydrogen-bond donors (Lipinski definition) is 1. The fourth-order valence-corrected chi connectivity index (χ4v) is 3.21. The normalized spacial score (nSPS) is 12.3. The molecule has 2 rings (SSSR count). The second kappa shape index (κ2) is 10.1. The molecule has 27 heavy (non-hydrogen) atoms. The average molecular weight is 387 g/mol. The van der Waals surface area contributed by atoms with Crippen molar-refractivity contribution in [1.82, 2.24) is 4.90 Å². The maximum Gasteiger partial charge on any atom is 0.229 e. The molecular weight excluding hydrogens is 360 g/mol. The summed E-state index contributed by atoms with van der Waals surface area (Å²) >= 11 is 0. The first-order valence-corrected chi connectivity index (χ1v) is 10.6. The van der Waals surface area contributed by atoms with Crippen molar-refractivity contribution < 1.29 is 13.2 Å². The van der Waals surface area contributed by atoms with E-state index >= 15 is 0 Å². The molecule has 0 aromatic heterocycles. The maximum absolute atomic E-state index is 11.4. The van der Waals surface area contributed by atoms with Gasteiger partial charge in [-0.1, -0.05) is 48.4 Å². The van der Waals surface area contributed by atoms with E-state index in [0.717, 1.165) is 17.4 Å². The van der Waals surface area contributed by atoms with Crippen molar-refractivity contribution in [2.24, 2.45) is 0 Å². The largest absolute Gasteiger partial charge is 0.375 e. The molecule has 0 amide bonds. The molecule has 0 spiro atoms. The van der Waals surface area contributed by atoms with Crippen LogP contribution in [0.15, 0.2) is 54.6 Å². The number of nitrogens with zero attached hydrogens (tertiary/aromatic N) is 1. The number of sulfonamides is 1. The third kappa shape index (κ3) is 7.43. The van der Waals surface area contributed by atoms with Gasteiger partial charge in [-0.3, -0.25) is 9.62 Å². The molecule has 0 saturated heterocycles. The Morgan fingerprint density at radius 3 is 2.37 bits per heavy atom. The number of benzene rings is 2. The van der Waals surface area contributed by atoms with Crippen LogP contribution in [0.4, 0.5) is 5.69 Å². The first kappa shape index (κ1) is 21.0. The van der Waals surface area contributed by atoms with Crippen molar-refractivity contribution in [3.63, 3.8) is 0 Å². The summed E-state index contributed by atoms with van der Waals surface area (Å²) < 4.78 is 31.2. The minimum Gasteiger partial charge on any atom is -0.375 e. The molecule has 0 aliphatic heterocycles. The highest BCUT2D eigenvalue weighted by atomic mass is 32.2. The zero-order valence-corrected chi connectivity index (χ0v) is 16.8. The van der Waals surface area contributed by atoms with Gasteiger partial charge >= 0.3 is 0 Å². The number of rotatable bonds is 9. The van der Waals surface area contributed by atoms with E-state index in [1.54, 1.807) is 12.1 Å². The Morgan fingerprint density at radius 2 is 1.78 bits per heavy atom. The lowest BCUT2D eigenvalue weighted by Crippen LogP contribution is -2.28. The van der Waals surface area contributed by atoms with Crippen LogP contribution in [0.25, 0.3) is 0 Å². The molecule has 0 aliphatic rings. The summed E-state index contributed by atoms with van der Waals surface area (Å²) in [7, 11) is -1.28. The Morgan fingerprint density at radius 1 is 1.11 bits per heavy atom. The Bertz CT molecular complexity index is 869. The molecule has 1 atom stereocenters. The fraction of sp³-hybridized carbons (Fsp3) is 0.333. The summed E-state index contributed by atoms with van der Waals surface area (Å²) in [5.41, 5.74) is 2.71. The highest BCUT2D eigenvalue weighted by Crippen LogP contribution is 2.22.